The second kappa shape index (κ2) is 13.3. The number of ether oxygens (including phenoxy) is 3. The molecule has 0 aromatic carbocycles. The van der Waals surface area contributed by atoms with Crippen molar-refractivity contribution in [1.82, 2.24) is 0 Å². The van der Waals surface area contributed by atoms with Gasteiger partial charge in [0.2, 0.25) is 6.29 Å². The molecule has 0 aliphatic carbocycles. The van der Waals surface area contributed by atoms with E-state index in [9.17, 15) is 9.59 Å². The minimum absolute atomic E-state index is 0. The fourth-order valence-corrected chi connectivity index (χ4v) is 2.26. The summed E-state index contributed by atoms with van der Waals surface area (Å²) in [5.74, 6) is -1.00. The normalized spacial score (nSPS) is 24.4. The van der Waals surface area contributed by atoms with E-state index < -0.39 is 42.6 Å². The molecule has 0 radical (unpaired) electrons. The van der Waals surface area contributed by atoms with Crippen molar-refractivity contribution in [3.05, 3.63) is 62.3 Å². The van der Waals surface area contributed by atoms with Crippen molar-refractivity contribution in [1.29, 1.82) is 0 Å². The molecule has 5 unspecified atom stereocenters. The van der Waals surface area contributed by atoms with Gasteiger partial charge in [-0.1, -0.05) is 32.9 Å². The van der Waals surface area contributed by atoms with Crippen LogP contribution in [0.15, 0.2) is 62.3 Å². The van der Waals surface area contributed by atoms with E-state index in [0.717, 1.165) is 12.2 Å². The number of esters is 2. The zero-order valence-electron chi connectivity index (χ0n) is 18.3. The molecule has 0 spiro atoms. The van der Waals surface area contributed by atoms with Gasteiger partial charge in [0.25, 0.3) is 0 Å². The van der Waals surface area contributed by atoms with Crippen LogP contribution in [-0.4, -0.2) is 49.3 Å². The molecule has 182 valence electrons. The molecule has 0 amide bonds. The molecule has 5 atom stereocenters. The van der Waals surface area contributed by atoms with Crippen LogP contribution in [0.1, 0.15) is 23.6 Å². The minimum Gasteiger partial charge on any atom is -0.460 e. The lowest BCUT2D eigenvalue weighted by molar-refractivity contribution is -0.472. The van der Waals surface area contributed by atoms with Crippen LogP contribution in [0.4, 0.5) is 0 Å². The average Bonchev–Trinajstić information content (AvgIpc) is 2.73. The topological polar surface area (TPSA) is 117 Å². The predicted octanol–water partition coefficient (Wildman–Crippen LogP) is 3.21. The summed E-state index contributed by atoms with van der Waals surface area (Å²) in [6.45, 7) is 21.6. The molecule has 11 nitrogen and oxygen atoms in total. The van der Waals surface area contributed by atoms with Crippen LogP contribution in [0.5, 0.6) is 0 Å². The van der Waals surface area contributed by atoms with Crippen LogP contribution in [-0.2, 0) is 53.1 Å². The van der Waals surface area contributed by atoms with Crippen molar-refractivity contribution < 1.29 is 56.0 Å². The molecule has 1 rings (SSSR count). The summed E-state index contributed by atoms with van der Waals surface area (Å²) in [7, 11) is 0. The van der Waals surface area contributed by atoms with Crippen molar-refractivity contribution in [2.24, 2.45) is 0 Å². The number of hydrogen-bond donors (Lipinski definition) is 0. The smallest absolute Gasteiger partial charge is 0.330 e. The van der Waals surface area contributed by atoms with Gasteiger partial charge in [0, 0.05) is 15.0 Å². The fourth-order valence-electron chi connectivity index (χ4n) is 2.26. The lowest BCUT2D eigenvalue weighted by Crippen LogP contribution is -2.62. The first-order valence-corrected chi connectivity index (χ1v) is 9.33. The Morgan fingerprint density at radius 2 is 1.31 bits per heavy atom. The van der Waals surface area contributed by atoms with Gasteiger partial charge in [-0.3, -0.25) is 0 Å². The maximum Gasteiger partial charge on any atom is 0.330 e. The van der Waals surface area contributed by atoms with E-state index in [4.69, 9.17) is 43.5 Å². The van der Waals surface area contributed by atoms with Crippen LogP contribution < -0.4 is 0 Å². The minimum atomic E-state index is -1.35. The Bertz CT molecular complexity index is 740. The number of carbonyl (C=O) groups excluding carboxylic acids is 2. The molecule has 11 heteroatoms. The van der Waals surface area contributed by atoms with Gasteiger partial charge < -0.3 is 28.9 Å². The van der Waals surface area contributed by atoms with Gasteiger partial charge in [-0.25, -0.2) is 9.59 Å². The van der Waals surface area contributed by atoms with E-state index in [2.05, 4.69) is 32.9 Å². The van der Waals surface area contributed by atoms with Crippen LogP contribution in [0, 0.1) is 0 Å². The van der Waals surface area contributed by atoms with Crippen molar-refractivity contribution in [3.63, 3.8) is 0 Å². The molecule has 1 fully saturated rings. The largest absolute Gasteiger partial charge is 0.460 e. The van der Waals surface area contributed by atoms with E-state index in [1.165, 1.54) is 20.8 Å². The first-order chi connectivity index (χ1) is 15.1. The van der Waals surface area contributed by atoms with Crippen LogP contribution in [0.2, 0.25) is 0 Å². The van der Waals surface area contributed by atoms with E-state index >= 15 is 0 Å². The van der Waals surface area contributed by atoms with Crippen molar-refractivity contribution in [2.75, 3.05) is 6.61 Å². The van der Waals surface area contributed by atoms with Gasteiger partial charge in [0.05, 0.1) is 0 Å². The fraction of sp³-hybridized carbons (Fsp3) is 0.429. The summed E-state index contributed by atoms with van der Waals surface area (Å²) in [5.41, 5.74) is 0. The number of carbonyl (C=O) groups is 2. The molecule has 1 aliphatic rings. The first-order valence-electron chi connectivity index (χ1n) is 9.33. The highest BCUT2D eigenvalue weighted by molar-refractivity contribution is 5.81. The second-order valence-electron chi connectivity index (χ2n) is 6.56. The molecule has 1 saturated heterocycles. The van der Waals surface area contributed by atoms with Crippen molar-refractivity contribution in [3.8, 4) is 0 Å². The van der Waals surface area contributed by atoms with E-state index in [1.807, 2.05) is 0 Å². The summed E-state index contributed by atoms with van der Waals surface area (Å²) in [6, 6.07) is 0. The van der Waals surface area contributed by atoms with Gasteiger partial charge in [-0.05, 0) is 20.8 Å². The summed E-state index contributed by atoms with van der Waals surface area (Å²) in [6.07, 6.45) is -4.36. The van der Waals surface area contributed by atoms with Gasteiger partial charge in [-0.2, -0.15) is 14.7 Å². The summed E-state index contributed by atoms with van der Waals surface area (Å²) in [5, 5.41) is 0. The zero-order valence-corrected chi connectivity index (χ0v) is 18.3. The zero-order chi connectivity index (χ0) is 24.3. The third kappa shape index (κ3) is 8.94. The van der Waals surface area contributed by atoms with Crippen LogP contribution >= 0.6 is 0 Å². The summed E-state index contributed by atoms with van der Waals surface area (Å²) < 4.78 is 16.2. The SMILES string of the molecule is C=CC(=O)OCC1OC(OOC(=C)C)C(OOC(=C)C)C(OOC(=C)C)C1OC(=O)C=C.[HH].[HH]. The summed E-state index contributed by atoms with van der Waals surface area (Å²) in [4.78, 5) is 54.6. The Morgan fingerprint density at radius 3 is 1.81 bits per heavy atom. The maximum atomic E-state index is 12.0. The lowest BCUT2D eigenvalue weighted by atomic mass is 9.99. The molecular formula is C21H32O11. The molecule has 0 bridgehead atoms. The van der Waals surface area contributed by atoms with Crippen LogP contribution in [0.25, 0.3) is 0 Å². The third-order valence-electron chi connectivity index (χ3n) is 3.45. The molecule has 32 heavy (non-hydrogen) atoms. The molecule has 1 aliphatic heterocycles. The first kappa shape index (κ1) is 26.9. The predicted molar refractivity (Wildman–Crippen MR) is 113 cm³/mol. The second-order valence-corrected chi connectivity index (χ2v) is 6.56. The van der Waals surface area contributed by atoms with Gasteiger partial charge in [-0.15, -0.1) is 0 Å². The Kier molecular flexibility index (Phi) is 11.2. The Morgan fingerprint density at radius 1 is 0.812 bits per heavy atom. The van der Waals surface area contributed by atoms with E-state index in [-0.39, 0.29) is 26.7 Å². The monoisotopic (exact) mass is 460 g/mol. The number of rotatable bonds is 14. The molecule has 0 aromatic heterocycles. The van der Waals surface area contributed by atoms with Gasteiger partial charge in [0.15, 0.2) is 18.3 Å². The van der Waals surface area contributed by atoms with E-state index in [1.54, 1.807) is 0 Å². The average molecular weight is 460 g/mol. The van der Waals surface area contributed by atoms with Crippen LogP contribution in [0.3, 0.4) is 0 Å². The Hall–Kier alpha value is -3.12. The Labute approximate surface area is 189 Å². The molecular weight excluding hydrogens is 428 g/mol. The molecule has 1 heterocycles. The molecule has 0 N–H and O–H groups in total. The maximum absolute atomic E-state index is 12.0. The van der Waals surface area contributed by atoms with Crippen molar-refractivity contribution >= 4 is 11.9 Å². The molecule has 0 aromatic rings. The van der Waals surface area contributed by atoms with Gasteiger partial charge >= 0.3 is 11.9 Å². The summed E-state index contributed by atoms with van der Waals surface area (Å²) >= 11 is 0. The lowest BCUT2D eigenvalue weighted by Gasteiger charge is -2.42. The quantitative estimate of drug-likeness (QED) is 0.125. The van der Waals surface area contributed by atoms with Gasteiger partial charge in [0.1, 0.15) is 30.0 Å². The highest BCUT2D eigenvalue weighted by atomic mass is 17.3. The standard InChI is InChI=1S/C21H28O11.2H2/c1-9-16(22)24-11-15-18(26-17(23)10-2)19(30-27-12(3)4)20(31-28-13(5)6)21(25-15)32-29-14(7)8;;/h9-10,15,18-21H,1-3,5,7,11H2,4,6,8H3;2*1H. The number of allylic oxidation sites excluding steroid dienone is 3. The molecule has 0 saturated carbocycles. The number of hydrogen-bond acceptors (Lipinski definition) is 11. The van der Waals surface area contributed by atoms with Crippen molar-refractivity contribution in [2.45, 2.75) is 51.5 Å². The third-order valence-corrected chi connectivity index (χ3v) is 3.45. The van der Waals surface area contributed by atoms with E-state index in [0.29, 0.717) is 0 Å². The Balaban J connectivity index is 0. The highest BCUT2D eigenvalue weighted by Crippen LogP contribution is 2.31. The highest BCUT2D eigenvalue weighted by Gasteiger charge is 2.54.